The molecule has 15 unspecified atom stereocenters. The van der Waals surface area contributed by atoms with Gasteiger partial charge in [-0.3, -0.25) is 42.9 Å². The molecule has 0 radical (unpaired) electrons. The molecule has 4 heterocycles. The number of unbranched alkanes of at least 4 members (excludes halogenated alkanes) is 10. The van der Waals surface area contributed by atoms with E-state index in [-0.39, 0.29) is 223 Å². The van der Waals surface area contributed by atoms with E-state index in [0.29, 0.717) is 70.6 Å². The normalized spacial score (nSPS) is 26.2. The van der Waals surface area contributed by atoms with E-state index in [0.717, 1.165) is 38.5 Å². The minimum absolute atomic E-state index is 0.0655. The van der Waals surface area contributed by atoms with Gasteiger partial charge >= 0.3 is 7.82 Å². The average Bonchev–Trinajstić information content (AvgIpc) is 1.85. The molecule has 0 aromatic rings. The van der Waals surface area contributed by atoms with Crippen LogP contribution in [0.4, 0.5) is 0 Å². The largest absolute Gasteiger partial charge is 0.469 e. The van der Waals surface area contributed by atoms with Crippen LogP contribution in [0.5, 0.6) is 0 Å². The van der Waals surface area contributed by atoms with Gasteiger partial charge in [-0.2, -0.15) is 0 Å². The number of hydrogen-bond acceptors (Lipinski definition) is 29. The van der Waals surface area contributed by atoms with Crippen molar-refractivity contribution in [3.8, 4) is 0 Å². The van der Waals surface area contributed by atoms with Crippen LogP contribution in [0.25, 0.3) is 0 Å². The van der Waals surface area contributed by atoms with Gasteiger partial charge < -0.3 is 140 Å². The second kappa shape index (κ2) is 58.3. The van der Waals surface area contributed by atoms with Gasteiger partial charge in [-0.1, -0.05) is 59.3 Å². The number of carbonyl (C=O) groups is 8. The molecule has 0 aliphatic carbocycles. The Morgan fingerprint density at radius 3 is 1.03 bits per heavy atom. The van der Waals surface area contributed by atoms with E-state index in [4.69, 9.17) is 52.4 Å². The predicted molar refractivity (Wildman–Crippen MR) is 411 cm³/mol. The Morgan fingerprint density at radius 1 is 0.400 bits per heavy atom. The summed E-state index contributed by atoms with van der Waals surface area (Å²) < 4.78 is 68.3. The van der Waals surface area contributed by atoms with Gasteiger partial charge in [0.05, 0.1) is 96.5 Å². The standard InChI is InChI=1S/C76H138N7O31P/c1-51-67(96)70(99)57(44-84)112-73(51)108-35-15-12-22-60(89)77-29-18-32-80-63(92)26-38-105-48-76(42-55(87)21-10-8-6-4-5-7-9-11-25-66(95)83-43-56(88)41-54(83)47-111-115(102,103)104,49-106-39-27-64(93)81-33-19-30-78-61(90)23-13-16-36-109-74-52(2)68(97)71(100)58(45-85)113-74)50-107-40-28-65(94)82-34-20-31-79-62(91)24-14-17-37-110-75-53(3)69(98)72(101)59(46-86)114-75/h51-54,56-59,67-75,84-86,88,96-101H,4-50H2,1-3H3,(H,77,89)(H,78,90)(H,79,91)(H,80,92)(H,81,93)(H,82,94)(H2,102,103,104)/t51?,52?,53?,54-,56+,57?,58?,59?,67?,68?,69?,70?,71?,72?,73?,74?,75?,76?/m0/s1. The number of Topliss-reactive ketones (excluding diaryl/α,β-unsaturated/α-hetero) is 1. The summed E-state index contributed by atoms with van der Waals surface area (Å²) in [5, 5.41) is 117. The molecule has 17 atom stereocenters. The number of aliphatic hydroxyl groups is 10. The number of hydrogen-bond donors (Lipinski definition) is 18. The molecule has 4 rings (SSSR count). The van der Waals surface area contributed by atoms with Crippen LogP contribution in [0.3, 0.4) is 0 Å². The highest BCUT2D eigenvalue weighted by atomic mass is 31.2. The van der Waals surface area contributed by atoms with Gasteiger partial charge in [0, 0.05) is 147 Å². The van der Waals surface area contributed by atoms with Crippen molar-refractivity contribution in [2.75, 3.05) is 132 Å². The number of rotatable bonds is 64. The van der Waals surface area contributed by atoms with Crippen LogP contribution in [0.15, 0.2) is 0 Å². The molecule has 668 valence electrons. The smallest absolute Gasteiger partial charge is 0.394 e. The van der Waals surface area contributed by atoms with Crippen molar-refractivity contribution in [1.29, 1.82) is 0 Å². The van der Waals surface area contributed by atoms with Crippen LogP contribution in [0, 0.1) is 23.2 Å². The van der Waals surface area contributed by atoms with Gasteiger partial charge in [0.25, 0.3) is 0 Å². The Balaban J connectivity index is 1.28. The van der Waals surface area contributed by atoms with Crippen LogP contribution in [0.1, 0.15) is 194 Å². The Kier molecular flexibility index (Phi) is 52.0. The zero-order chi connectivity index (χ0) is 84.6. The molecule has 115 heavy (non-hydrogen) atoms. The van der Waals surface area contributed by atoms with E-state index < -0.39 is 137 Å². The van der Waals surface area contributed by atoms with Gasteiger partial charge in [0.2, 0.25) is 41.4 Å². The topological polar surface area (TPSA) is 564 Å². The van der Waals surface area contributed by atoms with Gasteiger partial charge in [0.1, 0.15) is 42.4 Å². The Hall–Kier alpha value is -4.69. The lowest BCUT2D eigenvalue weighted by Crippen LogP contribution is -2.55. The Labute approximate surface area is 675 Å². The lowest BCUT2D eigenvalue weighted by Gasteiger charge is -2.40. The van der Waals surface area contributed by atoms with E-state index >= 15 is 0 Å². The third-order valence-electron chi connectivity index (χ3n) is 20.8. The maximum Gasteiger partial charge on any atom is 0.469 e. The fourth-order valence-corrected chi connectivity index (χ4v) is 14.0. The van der Waals surface area contributed by atoms with E-state index in [2.05, 4.69) is 36.4 Å². The number of ketones is 1. The van der Waals surface area contributed by atoms with Gasteiger partial charge in [-0.25, -0.2) is 4.57 Å². The minimum atomic E-state index is -4.75. The third kappa shape index (κ3) is 41.9. The van der Waals surface area contributed by atoms with Crippen LogP contribution in [0.2, 0.25) is 0 Å². The van der Waals surface area contributed by atoms with Crippen molar-refractivity contribution in [1.82, 2.24) is 36.8 Å². The molecule has 4 aliphatic heterocycles. The van der Waals surface area contributed by atoms with E-state index in [1.54, 1.807) is 20.8 Å². The first-order valence-corrected chi connectivity index (χ1v) is 42.8. The second-order valence-corrected chi connectivity index (χ2v) is 31.9. The summed E-state index contributed by atoms with van der Waals surface area (Å²) in [5.74, 6) is -3.56. The summed E-state index contributed by atoms with van der Waals surface area (Å²) in [6, 6.07) is -0.636. The number of β-amino-alcohol motifs (C(OH)–C–C–N with tert-alkyl or cyclic N) is 1. The number of nitrogens with one attached hydrogen (secondary N) is 6. The molecule has 4 fully saturated rings. The Bertz CT molecular complexity index is 2590. The molecule has 0 saturated carbocycles. The Morgan fingerprint density at radius 2 is 0.704 bits per heavy atom. The monoisotopic (exact) mass is 1680 g/mol. The van der Waals surface area contributed by atoms with Crippen LogP contribution in [-0.4, -0.2) is 331 Å². The number of nitrogens with zero attached hydrogens (tertiary/aromatic N) is 1. The lowest BCUT2D eigenvalue weighted by molar-refractivity contribution is -0.282. The first-order valence-electron chi connectivity index (χ1n) is 41.3. The molecule has 38 nitrogen and oxygen atoms in total. The fraction of sp³-hybridized carbons (Fsp3) is 0.895. The van der Waals surface area contributed by atoms with Gasteiger partial charge in [-0.15, -0.1) is 0 Å². The highest BCUT2D eigenvalue weighted by Crippen LogP contribution is 2.38. The zero-order valence-electron chi connectivity index (χ0n) is 67.6. The second-order valence-electron chi connectivity index (χ2n) is 30.7. The zero-order valence-corrected chi connectivity index (χ0v) is 68.5. The number of phosphoric acid groups is 1. The molecular weight excluding hydrogens is 1540 g/mol. The van der Waals surface area contributed by atoms with Gasteiger partial charge in [-0.05, 0) is 77.0 Å². The molecule has 0 aromatic heterocycles. The van der Waals surface area contributed by atoms with E-state index in [1.807, 2.05) is 0 Å². The molecular formula is C76H138N7O31P. The molecule has 18 N–H and O–H groups in total. The number of aliphatic hydroxyl groups excluding tert-OH is 10. The summed E-state index contributed by atoms with van der Waals surface area (Å²) in [4.78, 5) is 124. The van der Waals surface area contributed by atoms with Crippen molar-refractivity contribution >= 4 is 55.0 Å². The molecule has 4 saturated heterocycles. The number of amides is 7. The minimum Gasteiger partial charge on any atom is -0.394 e. The lowest BCUT2D eigenvalue weighted by atomic mass is 9.84. The SMILES string of the molecule is CC1C(OCCCCC(=O)NCCCNC(=O)CCOCC(COCCC(=O)NCCCNC(=O)CCCCOC2OC(CO)C(O)C(O)C2C)(COCCC(=O)NCCCNC(=O)CCCCOC2OC(CO)C(O)C(O)C2C)CC(=O)CCCCCCCCCCC(=O)N2C[C@H](O)C[C@H]2COP(=O)(O)O)OC(CO)C(O)C1O. The number of ether oxygens (including phenoxy) is 9. The predicted octanol–water partition coefficient (Wildman–Crippen LogP) is -1.22. The summed E-state index contributed by atoms with van der Waals surface area (Å²) >= 11 is 0. The van der Waals surface area contributed by atoms with Crippen molar-refractivity contribution < 1.29 is 151 Å². The summed E-state index contributed by atoms with van der Waals surface area (Å²) in [5.41, 5.74) is -1.17. The number of carbonyl (C=O) groups excluding carboxylic acids is 8. The average molecular weight is 1680 g/mol. The van der Waals surface area contributed by atoms with Crippen molar-refractivity contribution in [2.45, 2.75) is 280 Å². The van der Waals surface area contributed by atoms with Crippen molar-refractivity contribution in [2.24, 2.45) is 23.2 Å². The maximum atomic E-state index is 14.1. The van der Waals surface area contributed by atoms with Crippen LogP contribution >= 0.6 is 7.82 Å². The summed E-state index contributed by atoms with van der Waals surface area (Å²) in [7, 11) is -4.75. The molecule has 7 amide bonds. The highest BCUT2D eigenvalue weighted by molar-refractivity contribution is 7.46. The van der Waals surface area contributed by atoms with E-state index in [1.165, 1.54) is 4.90 Å². The maximum absolute atomic E-state index is 14.1. The molecule has 0 bridgehead atoms. The molecule has 4 aliphatic rings. The van der Waals surface area contributed by atoms with Gasteiger partial charge in [0.15, 0.2) is 18.9 Å². The van der Waals surface area contributed by atoms with Crippen LogP contribution < -0.4 is 31.9 Å². The number of phosphoric ester groups is 1. The van der Waals surface area contributed by atoms with Crippen molar-refractivity contribution in [3.63, 3.8) is 0 Å². The number of likely N-dealkylation sites (tertiary alicyclic amines) is 1. The van der Waals surface area contributed by atoms with E-state index in [9.17, 15) is 94.0 Å². The third-order valence-corrected chi connectivity index (χ3v) is 21.2. The summed E-state index contributed by atoms with van der Waals surface area (Å²) in [6.45, 7) is 4.88. The summed E-state index contributed by atoms with van der Waals surface area (Å²) in [6.07, 6.45) is -2.07. The molecule has 0 spiro atoms. The quantitative estimate of drug-likeness (QED) is 0.0251. The molecule has 0 aromatic carbocycles. The molecule has 39 heteroatoms. The first kappa shape index (κ1) is 103. The van der Waals surface area contributed by atoms with Crippen molar-refractivity contribution in [3.05, 3.63) is 0 Å². The highest BCUT2D eigenvalue weighted by Gasteiger charge is 2.45. The fourth-order valence-electron chi connectivity index (χ4n) is 13.6. The first-order chi connectivity index (χ1) is 55.0. The van der Waals surface area contributed by atoms with Crippen LogP contribution in [-0.2, 0) is 90.1 Å².